The third-order valence-corrected chi connectivity index (χ3v) is 2.99. The molecule has 0 aliphatic rings. The summed E-state index contributed by atoms with van der Waals surface area (Å²) in [5.41, 5.74) is -0.670. The summed E-state index contributed by atoms with van der Waals surface area (Å²) in [7, 11) is 0. The van der Waals surface area contributed by atoms with Crippen LogP contribution in [-0.4, -0.2) is 27.9 Å². The van der Waals surface area contributed by atoms with Crippen LogP contribution in [0.3, 0.4) is 0 Å². The number of carboxylic acid groups (broad SMARTS) is 1. The normalized spacial score (nSPS) is 11.7. The van der Waals surface area contributed by atoms with E-state index in [1.165, 1.54) is 6.92 Å². The molecule has 0 heterocycles. The number of rotatable bonds is 4. The van der Waals surface area contributed by atoms with Crippen LogP contribution in [0.5, 0.6) is 0 Å². The quantitative estimate of drug-likeness (QED) is 0.654. The van der Waals surface area contributed by atoms with Gasteiger partial charge in [0, 0.05) is 12.1 Å². The molecule has 0 aliphatic heterocycles. The first kappa shape index (κ1) is 15.2. The molecule has 0 fully saturated rings. The maximum Gasteiger partial charge on any atom is 0.325 e. The van der Waals surface area contributed by atoms with Crippen LogP contribution in [0.15, 0.2) is 12.1 Å². The molecule has 102 valence electrons. The van der Waals surface area contributed by atoms with Gasteiger partial charge in [-0.3, -0.25) is 19.7 Å². The van der Waals surface area contributed by atoms with Crippen molar-refractivity contribution >= 4 is 40.8 Å². The molecule has 0 bridgehead atoms. The third kappa shape index (κ3) is 3.55. The molecule has 0 unspecified atom stereocenters. The number of hydrogen-bond acceptors (Lipinski definition) is 4. The third-order valence-electron chi connectivity index (χ3n) is 2.19. The Labute approximate surface area is 117 Å². The lowest BCUT2D eigenvalue weighted by molar-refractivity contribution is -0.384. The van der Waals surface area contributed by atoms with E-state index in [2.05, 4.69) is 5.32 Å². The van der Waals surface area contributed by atoms with Crippen LogP contribution < -0.4 is 5.32 Å². The van der Waals surface area contributed by atoms with Crippen molar-refractivity contribution in [2.45, 2.75) is 13.0 Å². The molecule has 2 N–H and O–H groups in total. The maximum absolute atomic E-state index is 11.8. The van der Waals surface area contributed by atoms with Crippen LogP contribution in [0, 0.1) is 10.1 Å². The number of carboxylic acids is 1. The summed E-state index contributed by atoms with van der Waals surface area (Å²) in [5.74, 6) is -2.11. The number of carbonyl (C=O) groups excluding carboxylic acids is 1. The van der Waals surface area contributed by atoms with Gasteiger partial charge in [-0.15, -0.1) is 0 Å². The molecule has 1 aromatic rings. The molecule has 0 aromatic heterocycles. The standard InChI is InChI=1S/C10H8Cl2N2O5/c1-4(10(16)17)13-9(15)6-2-5(14(18)19)3-7(11)8(6)12/h2-4H,1H3,(H,13,15)(H,16,17)/t4-/m0/s1. The van der Waals surface area contributed by atoms with Crippen LogP contribution in [0.4, 0.5) is 5.69 Å². The smallest absolute Gasteiger partial charge is 0.325 e. The zero-order chi connectivity index (χ0) is 14.7. The van der Waals surface area contributed by atoms with Crippen molar-refractivity contribution < 1.29 is 19.6 Å². The molecule has 0 saturated carbocycles. The maximum atomic E-state index is 11.8. The second-order valence-corrected chi connectivity index (χ2v) is 4.36. The number of nitro benzene ring substituents is 1. The molecule has 0 spiro atoms. The van der Waals surface area contributed by atoms with E-state index in [0.29, 0.717) is 0 Å². The molecule has 0 aliphatic carbocycles. The number of non-ortho nitro benzene ring substituents is 1. The fourth-order valence-electron chi connectivity index (χ4n) is 1.18. The molecule has 1 amide bonds. The van der Waals surface area contributed by atoms with E-state index >= 15 is 0 Å². The Bertz CT molecular complexity index is 561. The van der Waals surface area contributed by atoms with Gasteiger partial charge < -0.3 is 10.4 Å². The summed E-state index contributed by atoms with van der Waals surface area (Å²) in [6, 6.07) is 0.765. The number of halogens is 2. The van der Waals surface area contributed by atoms with Crippen LogP contribution >= 0.6 is 23.2 Å². The largest absolute Gasteiger partial charge is 0.480 e. The first-order valence-electron chi connectivity index (χ1n) is 4.91. The number of aliphatic carboxylic acids is 1. The van der Waals surface area contributed by atoms with Crippen LogP contribution in [0.25, 0.3) is 0 Å². The van der Waals surface area contributed by atoms with E-state index < -0.39 is 28.5 Å². The minimum atomic E-state index is -1.25. The van der Waals surface area contributed by atoms with E-state index in [1.807, 2.05) is 0 Å². The number of nitro groups is 1. The molecule has 19 heavy (non-hydrogen) atoms. The summed E-state index contributed by atoms with van der Waals surface area (Å²) >= 11 is 11.4. The van der Waals surface area contributed by atoms with Crippen molar-refractivity contribution in [3.63, 3.8) is 0 Å². The van der Waals surface area contributed by atoms with E-state index in [9.17, 15) is 19.7 Å². The zero-order valence-corrected chi connectivity index (χ0v) is 11.0. The lowest BCUT2D eigenvalue weighted by Crippen LogP contribution is -2.38. The second kappa shape index (κ2) is 5.85. The number of amides is 1. The monoisotopic (exact) mass is 306 g/mol. The van der Waals surface area contributed by atoms with Gasteiger partial charge in [0.2, 0.25) is 0 Å². The molecule has 1 rings (SSSR count). The first-order valence-corrected chi connectivity index (χ1v) is 5.66. The van der Waals surface area contributed by atoms with Gasteiger partial charge in [0.05, 0.1) is 20.5 Å². The lowest BCUT2D eigenvalue weighted by Gasteiger charge is -2.10. The zero-order valence-electron chi connectivity index (χ0n) is 9.52. The van der Waals surface area contributed by atoms with Crippen LogP contribution in [0.2, 0.25) is 10.0 Å². The summed E-state index contributed by atoms with van der Waals surface area (Å²) in [6.07, 6.45) is 0. The fourth-order valence-corrected chi connectivity index (χ4v) is 1.59. The predicted molar refractivity (Wildman–Crippen MR) is 67.7 cm³/mol. The fraction of sp³-hybridized carbons (Fsp3) is 0.200. The molecular weight excluding hydrogens is 299 g/mol. The number of carbonyl (C=O) groups is 2. The first-order chi connectivity index (χ1) is 8.73. The highest BCUT2D eigenvalue weighted by atomic mass is 35.5. The predicted octanol–water partition coefficient (Wildman–Crippen LogP) is 2.10. The van der Waals surface area contributed by atoms with Gasteiger partial charge >= 0.3 is 5.97 Å². The summed E-state index contributed by atoms with van der Waals surface area (Å²) in [5, 5.41) is 21.1. The Morgan fingerprint density at radius 2 is 2.00 bits per heavy atom. The van der Waals surface area contributed by atoms with Gasteiger partial charge in [-0.2, -0.15) is 0 Å². The second-order valence-electron chi connectivity index (χ2n) is 3.58. The number of nitrogens with one attached hydrogen (secondary N) is 1. The average molecular weight is 307 g/mol. The molecule has 0 radical (unpaired) electrons. The SMILES string of the molecule is C[C@H](NC(=O)c1cc([N+](=O)[O-])cc(Cl)c1Cl)C(=O)O. The van der Waals surface area contributed by atoms with E-state index in [1.54, 1.807) is 0 Å². The van der Waals surface area contributed by atoms with Gasteiger partial charge in [-0.25, -0.2) is 0 Å². The van der Waals surface area contributed by atoms with Gasteiger partial charge in [-0.05, 0) is 6.92 Å². The number of hydrogen-bond donors (Lipinski definition) is 2. The lowest BCUT2D eigenvalue weighted by atomic mass is 10.1. The van der Waals surface area contributed by atoms with E-state index in [0.717, 1.165) is 12.1 Å². The highest BCUT2D eigenvalue weighted by Crippen LogP contribution is 2.30. The van der Waals surface area contributed by atoms with Crippen molar-refractivity contribution in [2.75, 3.05) is 0 Å². The van der Waals surface area contributed by atoms with Gasteiger partial charge in [0.1, 0.15) is 6.04 Å². The highest BCUT2D eigenvalue weighted by Gasteiger charge is 2.22. The summed E-state index contributed by atoms with van der Waals surface area (Å²) < 4.78 is 0. The van der Waals surface area contributed by atoms with Gasteiger partial charge in [0.15, 0.2) is 0 Å². The number of nitrogens with zero attached hydrogens (tertiary/aromatic N) is 1. The Hall–Kier alpha value is -1.86. The van der Waals surface area contributed by atoms with Crippen molar-refractivity contribution in [3.8, 4) is 0 Å². The van der Waals surface area contributed by atoms with E-state index in [-0.39, 0.29) is 15.6 Å². The average Bonchev–Trinajstić information content (AvgIpc) is 2.31. The minimum absolute atomic E-state index is 0.163. The van der Waals surface area contributed by atoms with Crippen molar-refractivity contribution in [1.82, 2.24) is 5.32 Å². The Balaban J connectivity index is 3.15. The van der Waals surface area contributed by atoms with Gasteiger partial charge in [0.25, 0.3) is 11.6 Å². The van der Waals surface area contributed by atoms with Crippen LogP contribution in [0.1, 0.15) is 17.3 Å². The Kier molecular flexibility index (Phi) is 4.68. The van der Waals surface area contributed by atoms with Crippen LogP contribution in [-0.2, 0) is 4.79 Å². The van der Waals surface area contributed by atoms with Crippen molar-refractivity contribution in [3.05, 3.63) is 37.9 Å². The molecule has 1 aromatic carbocycles. The van der Waals surface area contributed by atoms with Gasteiger partial charge in [-0.1, -0.05) is 23.2 Å². The Morgan fingerprint density at radius 1 is 1.42 bits per heavy atom. The topological polar surface area (TPSA) is 110 Å². The van der Waals surface area contributed by atoms with E-state index in [4.69, 9.17) is 28.3 Å². The summed E-state index contributed by atoms with van der Waals surface area (Å²) in [4.78, 5) is 32.3. The van der Waals surface area contributed by atoms with Crippen molar-refractivity contribution in [1.29, 1.82) is 0 Å². The number of benzene rings is 1. The van der Waals surface area contributed by atoms with Crippen molar-refractivity contribution in [2.24, 2.45) is 0 Å². The summed E-state index contributed by atoms with van der Waals surface area (Å²) in [6.45, 7) is 1.24. The molecular formula is C10H8Cl2N2O5. The molecule has 9 heteroatoms. The molecule has 1 atom stereocenters. The molecule has 7 nitrogen and oxygen atoms in total. The Morgan fingerprint density at radius 3 is 2.47 bits per heavy atom. The molecule has 0 saturated heterocycles. The minimum Gasteiger partial charge on any atom is -0.480 e. The highest BCUT2D eigenvalue weighted by molar-refractivity contribution is 6.44.